The predicted molar refractivity (Wildman–Crippen MR) is 294 cm³/mol. The lowest BCUT2D eigenvalue weighted by atomic mass is 10.1. The Morgan fingerprint density at radius 1 is 0.402 bits per heavy atom. The van der Waals surface area contributed by atoms with Gasteiger partial charge in [0.1, 0.15) is 74.8 Å². The zero-order valence-corrected chi connectivity index (χ0v) is 44.4. The first kappa shape index (κ1) is 63.9. The number of benzene rings is 6. The number of methoxy groups -OCH3 is 1. The van der Waals surface area contributed by atoms with Gasteiger partial charge in [-0.1, -0.05) is 127 Å². The van der Waals surface area contributed by atoms with Crippen molar-refractivity contribution in [2.24, 2.45) is 5.73 Å². The number of rotatable bonds is 24. The van der Waals surface area contributed by atoms with Crippen LogP contribution in [0.3, 0.4) is 0 Å². The Labute approximate surface area is 470 Å². The topological polar surface area (TPSA) is 370 Å². The van der Waals surface area contributed by atoms with E-state index in [1.807, 2.05) is 66.7 Å². The number of carbonyl (C=O) groups excluding carboxylic acids is 8. The fourth-order valence-corrected chi connectivity index (χ4v) is 6.88. The summed E-state index contributed by atoms with van der Waals surface area (Å²) in [7, 11) is 1.22. The molecule has 24 heteroatoms. The molecule has 82 heavy (non-hydrogen) atoms. The highest BCUT2D eigenvalue weighted by Gasteiger charge is 2.24. The highest BCUT2D eigenvalue weighted by molar-refractivity contribution is 5.89. The molecule has 6 aromatic rings. The molecule has 0 radical (unpaired) electrons. The number of aromatic hydroxyl groups is 3. The van der Waals surface area contributed by atoms with Crippen LogP contribution in [0.5, 0.6) is 17.2 Å². The van der Waals surface area contributed by atoms with Crippen LogP contribution in [-0.2, 0) is 86.8 Å². The zero-order chi connectivity index (χ0) is 59.7. The number of esters is 1. The second-order valence-corrected chi connectivity index (χ2v) is 17.5. The molecule has 0 saturated heterocycles. The van der Waals surface area contributed by atoms with Gasteiger partial charge in [-0.25, -0.2) is 24.0 Å². The number of amides is 7. The minimum absolute atomic E-state index is 0.0415. The summed E-state index contributed by atoms with van der Waals surface area (Å²) in [4.78, 5) is 106. The number of aliphatic carboxylic acids is 1. The van der Waals surface area contributed by atoms with E-state index in [9.17, 15) is 63.6 Å². The van der Waals surface area contributed by atoms with Crippen molar-refractivity contribution in [3.05, 3.63) is 197 Å². The van der Waals surface area contributed by atoms with Gasteiger partial charge in [-0.3, -0.25) is 19.2 Å². The van der Waals surface area contributed by atoms with Crippen molar-refractivity contribution in [1.82, 2.24) is 31.9 Å². The largest absolute Gasteiger partial charge is 0.508 e. The molecule has 6 rings (SSSR count). The van der Waals surface area contributed by atoms with E-state index >= 15 is 0 Å². The lowest BCUT2D eigenvalue weighted by Gasteiger charge is -2.17. The molecule has 6 aromatic carbocycles. The average molecular weight is 1130 g/mol. The molecular formula is C58H63N7O17. The second-order valence-electron chi connectivity index (χ2n) is 17.5. The molecular weight excluding hydrogens is 1070 g/mol. The molecule has 12 N–H and O–H groups in total. The number of phenolic OH excluding ortho intramolecular Hbond substituents is 3. The molecule has 0 unspecified atom stereocenters. The number of phenols is 3. The molecule has 0 aliphatic heterocycles. The van der Waals surface area contributed by atoms with Gasteiger partial charge in [-0.2, -0.15) is 0 Å². The van der Waals surface area contributed by atoms with Crippen LogP contribution in [0.4, 0.5) is 14.4 Å². The van der Waals surface area contributed by atoms with Gasteiger partial charge in [0, 0.05) is 19.3 Å². The van der Waals surface area contributed by atoms with E-state index in [4.69, 9.17) is 24.7 Å². The summed E-state index contributed by atoms with van der Waals surface area (Å²) < 4.78 is 19.7. The van der Waals surface area contributed by atoms with Crippen LogP contribution >= 0.6 is 0 Å². The van der Waals surface area contributed by atoms with Crippen LogP contribution in [0, 0.1) is 0 Å². The number of nitrogens with two attached hydrogens (primary N) is 1. The Morgan fingerprint density at radius 3 is 0.976 bits per heavy atom. The van der Waals surface area contributed by atoms with Gasteiger partial charge in [0.15, 0.2) is 0 Å². The summed E-state index contributed by atoms with van der Waals surface area (Å²) in [5, 5.41) is 51.3. The Bertz CT molecular complexity index is 2860. The predicted octanol–water partition coefficient (Wildman–Crippen LogP) is 3.78. The number of carboxylic acid groups (broad SMARTS) is 1. The van der Waals surface area contributed by atoms with E-state index in [1.165, 1.54) is 43.5 Å². The smallest absolute Gasteiger partial charge is 0.407 e. The summed E-state index contributed by atoms with van der Waals surface area (Å²) in [6.07, 6.45) is -1.88. The minimum Gasteiger partial charge on any atom is -0.508 e. The summed E-state index contributed by atoms with van der Waals surface area (Å²) in [5.74, 6) is -4.07. The summed E-state index contributed by atoms with van der Waals surface area (Å²) in [5.41, 5.74) is 9.83. The number of alkyl carbamates (subject to hydrolysis) is 3. The normalized spacial score (nSPS) is 11.2. The molecule has 0 aromatic heterocycles. The molecule has 0 bridgehead atoms. The first-order chi connectivity index (χ1) is 39.3. The lowest BCUT2D eigenvalue weighted by Crippen LogP contribution is -2.49. The van der Waals surface area contributed by atoms with Gasteiger partial charge < -0.3 is 77.0 Å². The van der Waals surface area contributed by atoms with Crippen molar-refractivity contribution in [3.8, 4) is 17.2 Å². The Kier molecular flexibility index (Phi) is 27.2. The molecule has 0 spiro atoms. The molecule has 0 heterocycles. The highest BCUT2D eigenvalue weighted by atomic mass is 16.6. The maximum absolute atomic E-state index is 12.1. The molecule has 3 atom stereocenters. The van der Waals surface area contributed by atoms with Crippen LogP contribution in [0.15, 0.2) is 164 Å². The van der Waals surface area contributed by atoms with Gasteiger partial charge >= 0.3 is 30.2 Å². The van der Waals surface area contributed by atoms with Crippen molar-refractivity contribution in [3.63, 3.8) is 0 Å². The van der Waals surface area contributed by atoms with Crippen molar-refractivity contribution in [2.75, 3.05) is 26.7 Å². The Hall–Kier alpha value is -10.7. The molecule has 24 nitrogen and oxygen atoms in total. The number of hydrogen-bond acceptors (Lipinski definition) is 16. The Balaban J connectivity index is 0.000000264. The highest BCUT2D eigenvalue weighted by Crippen LogP contribution is 2.14. The number of ether oxygens (including phenoxy) is 4. The number of nitrogens with one attached hydrogen (secondary N) is 6. The third-order valence-corrected chi connectivity index (χ3v) is 11.1. The molecule has 7 amide bonds. The quantitative estimate of drug-likeness (QED) is 0.0303. The van der Waals surface area contributed by atoms with Crippen LogP contribution in [-0.4, -0.2) is 119 Å². The molecule has 0 saturated carbocycles. The first-order valence-electron chi connectivity index (χ1n) is 25.0. The van der Waals surface area contributed by atoms with E-state index in [0.717, 1.165) is 22.3 Å². The first-order valence-corrected chi connectivity index (χ1v) is 25.0. The molecule has 0 aliphatic rings. The van der Waals surface area contributed by atoms with E-state index in [1.54, 1.807) is 60.7 Å². The maximum Gasteiger partial charge on any atom is 0.407 e. The van der Waals surface area contributed by atoms with Crippen molar-refractivity contribution >= 4 is 53.8 Å². The van der Waals surface area contributed by atoms with Crippen molar-refractivity contribution in [2.45, 2.75) is 57.2 Å². The fraction of sp³-hybridized carbons (Fsp3) is 0.224. The summed E-state index contributed by atoms with van der Waals surface area (Å²) >= 11 is 0. The van der Waals surface area contributed by atoms with E-state index < -0.39 is 78.5 Å². The van der Waals surface area contributed by atoms with Gasteiger partial charge in [0.25, 0.3) is 0 Å². The van der Waals surface area contributed by atoms with Crippen molar-refractivity contribution in [1.29, 1.82) is 0 Å². The average Bonchev–Trinajstić information content (AvgIpc) is 3.49. The number of carboxylic acids is 1. The third-order valence-electron chi connectivity index (χ3n) is 11.1. The van der Waals surface area contributed by atoms with Crippen LogP contribution in [0.25, 0.3) is 0 Å². The molecule has 432 valence electrons. The van der Waals surface area contributed by atoms with Gasteiger partial charge in [-0.15, -0.1) is 0 Å². The van der Waals surface area contributed by atoms with Crippen molar-refractivity contribution < 1.29 is 82.5 Å². The van der Waals surface area contributed by atoms with Crippen LogP contribution in [0.1, 0.15) is 33.4 Å². The van der Waals surface area contributed by atoms with Crippen LogP contribution in [0.2, 0.25) is 0 Å². The summed E-state index contributed by atoms with van der Waals surface area (Å²) in [6, 6.07) is 42.7. The molecule has 0 fully saturated rings. The monoisotopic (exact) mass is 1130 g/mol. The summed E-state index contributed by atoms with van der Waals surface area (Å²) in [6.45, 7) is -0.886. The Morgan fingerprint density at radius 2 is 0.683 bits per heavy atom. The standard InChI is InChI=1S/C20H22N2O6.C19H21N3O5.C19H20N2O6/c1-27-19(25)17(11-14-7-9-16(23)10-8-14)22-18(24)12-21-20(26)28-13-15-5-3-2-4-6-15;20-18(25)16(10-13-6-8-15(23)9-7-13)22-17(24)11-21-19(26)27-12-14-4-2-1-3-5-14;22-15-8-6-13(7-9-15)10-16(18(24)25)21-17(23)11-20-19(26)27-12-14-4-2-1-3-5-14/h2-10,17,23H,11-13H2,1H3,(H,21,26)(H,22,24);1-9,16,23H,10-12H2,(H2,20,25)(H,21,26)(H,22,24);1-9,16,22H,10-12H2,(H,20,26)(H,21,23)(H,24,25)/t17-;2*16-/m000/s1. The van der Waals surface area contributed by atoms with E-state index in [0.29, 0.717) is 11.1 Å². The zero-order valence-electron chi connectivity index (χ0n) is 44.4. The van der Waals surface area contributed by atoms with Gasteiger partial charge in [0.2, 0.25) is 23.6 Å². The van der Waals surface area contributed by atoms with Gasteiger partial charge in [0.05, 0.1) is 7.11 Å². The second kappa shape index (κ2) is 35.0. The third kappa shape index (κ3) is 26.1. The minimum atomic E-state index is -1.21. The molecule has 0 aliphatic carbocycles. The maximum atomic E-state index is 12.1. The number of primary amides is 1. The van der Waals surface area contributed by atoms with E-state index in [-0.39, 0.29) is 69.4 Å². The lowest BCUT2D eigenvalue weighted by molar-refractivity contribution is -0.145. The number of hydrogen-bond donors (Lipinski definition) is 11. The van der Waals surface area contributed by atoms with Gasteiger partial charge in [-0.05, 0) is 69.8 Å². The fourth-order valence-electron chi connectivity index (χ4n) is 6.88. The van der Waals surface area contributed by atoms with Crippen LogP contribution < -0.4 is 37.6 Å². The SMILES string of the molecule is COC(=O)[C@H](Cc1ccc(O)cc1)NC(=O)CNC(=O)OCc1ccccc1.NC(=O)[C@H](Cc1ccc(O)cc1)NC(=O)CNC(=O)OCc1ccccc1.O=C(CNC(=O)OCc1ccccc1)N[C@@H](Cc1ccc(O)cc1)C(=O)O. The number of carbonyl (C=O) groups is 9. The van der Waals surface area contributed by atoms with E-state index in [2.05, 4.69) is 31.9 Å².